The summed E-state index contributed by atoms with van der Waals surface area (Å²) in [5.41, 5.74) is 4.29. The Labute approximate surface area is 204 Å². The van der Waals surface area contributed by atoms with E-state index in [4.69, 9.17) is 0 Å². The molecule has 0 aliphatic rings. The predicted molar refractivity (Wildman–Crippen MR) is 135 cm³/mol. The first-order chi connectivity index (χ1) is 17.0. The topological polar surface area (TPSA) is 137 Å². The largest absolute Gasteiger partial charge is 0.290 e. The smallest absolute Gasteiger partial charge is 0.283 e. The molecule has 0 unspecified atom stereocenters. The van der Waals surface area contributed by atoms with E-state index in [2.05, 4.69) is 20.5 Å². The third kappa shape index (κ3) is 5.79. The predicted octanol–water partition coefficient (Wildman–Crippen LogP) is 4.96. The van der Waals surface area contributed by atoms with Crippen molar-refractivity contribution in [3.63, 3.8) is 0 Å². The minimum absolute atomic E-state index is 0.0221. The summed E-state index contributed by atoms with van der Waals surface area (Å²) in [7, 11) is 0. The third-order valence-electron chi connectivity index (χ3n) is 4.88. The van der Waals surface area contributed by atoms with Crippen molar-refractivity contribution in [1.29, 1.82) is 5.26 Å². The summed E-state index contributed by atoms with van der Waals surface area (Å²) in [6.45, 7) is 0. The van der Waals surface area contributed by atoms with Gasteiger partial charge in [-0.05, 0) is 11.6 Å². The van der Waals surface area contributed by atoms with Crippen LogP contribution in [0.4, 0.5) is 11.6 Å². The maximum absolute atomic E-state index is 12.3. The second kappa shape index (κ2) is 10.9. The van der Waals surface area contributed by atoms with Gasteiger partial charge in [0.15, 0.2) is 0 Å². The molecule has 4 aromatic rings. The lowest BCUT2D eigenvalue weighted by molar-refractivity contribution is -0.387. The summed E-state index contributed by atoms with van der Waals surface area (Å²) in [5.74, 6) is 0.645. The molecule has 1 heterocycles. The zero-order valence-corrected chi connectivity index (χ0v) is 19.0. The molecule has 172 valence electrons. The number of aromatic amines is 1. The molecule has 9 nitrogen and oxygen atoms in total. The van der Waals surface area contributed by atoms with Gasteiger partial charge in [-0.15, -0.1) is 11.8 Å². The van der Waals surface area contributed by atoms with Crippen LogP contribution >= 0.6 is 11.8 Å². The Balaban J connectivity index is 1.53. The maximum atomic E-state index is 12.3. The molecule has 0 spiro atoms. The number of benzene rings is 3. The summed E-state index contributed by atoms with van der Waals surface area (Å²) >= 11 is 1.38. The summed E-state index contributed by atoms with van der Waals surface area (Å²) in [6.07, 6.45) is 1.39. The third-order valence-corrected chi connectivity index (χ3v) is 6.01. The molecule has 2 N–H and O–H groups in total. The number of hydrogen-bond acceptors (Lipinski definition) is 8. The van der Waals surface area contributed by atoms with Gasteiger partial charge in [-0.3, -0.25) is 19.9 Å². The Morgan fingerprint density at radius 3 is 2.51 bits per heavy atom. The van der Waals surface area contributed by atoms with Crippen LogP contribution in [0.25, 0.3) is 11.3 Å². The van der Waals surface area contributed by atoms with Gasteiger partial charge in [-0.1, -0.05) is 66.7 Å². The highest BCUT2D eigenvalue weighted by molar-refractivity contribution is 7.98. The van der Waals surface area contributed by atoms with Crippen LogP contribution < -0.4 is 11.0 Å². The first-order valence-electron chi connectivity index (χ1n) is 10.4. The van der Waals surface area contributed by atoms with Gasteiger partial charge < -0.3 is 0 Å². The quantitative estimate of drug-likeness (QED) is 0.157. The number of hydrazone groups is 1. The van der Waals surface area contributed by atoms with Crippen molar-refractivity contribution in [2.75, 3.05) is 5.43 Å². The zero-order chi connectivity index (χ0) is 24.6. The van der Waals surface area contributed by atoms with Gasteiger partial charge in [0.25, 0.3) is 11.2 Å². The van der Waals surface area contributed by atoms with Gasteiger partial charge in [-0.25, -0.2) is 10.4 Å². The van der Waals surface area contributed by atoms with Crippen LogP contribution in [-0.2, 0) is 5.75 Å². The van der Waals surface area contributed by atoms with Crippen LogP contribution in [0.2, 0.25) is 0 Å². The van der Waals surface area contributed by atoms with E-state index in [1.807, 2.05) is 42.5 Å². The number of rotatable bonds is 8. The number of nitrogens with zero attached hydrogens (tertiary/aromatic N) is 4. The molecule has 0 radical (unpaired) electrons. The van der Waals surface area contributed by atoms with Crippen LogP contribution in [0.15, 0.2) is 93.7 Å². The van der Waals surface area contributed by atoms with Crippen LogP contribution in [0, 0.1) is 21.4 Å². The van der Waals surface area contributed by atoms with E-state index in [-0.39, 0.29) is 22.9 Å². The maximum Gasteiger partial charge on any atom is 0.283 e. The number of nitrogens with one attached hydrogen (secondary N) is 2. The molecular formula is C25H18N6O3S. The average molecular weight is 483 g/mol. The fraction of sp³-hybridized carbons (Fsp3) is 0.0400. The normalized spacial score (nSPS) is 10.7. The lowest BCUT2D eigenvalue weighted by Gasteiger charge is -2.06. The molecule has 0 fully saturated rings. The van der Waals surface area contributed by atoms with Gasteiger partial charge in [0.1, 0.15) is 11.6 Å². The molecule has 4 rings (SSSR count). The number of nitro benzene ring substituents is 1. The molecule has 0 saturated heterocycles. The van der Waals surface area contributed by atoms with E-state index < -0.39 is 10.5 Å². The Hall–Kier alpha value is -4.75. The molecule has 0 aliphatic heterocycles. The number of nitriles is 1. The first-order valence-corrected chi connectivity index (χ1v) is 11.4. The van der Waals surface area contributed by atoms with E-state index in [9.17, 15) is 20.2 Å². The number of aromatic nitrogens is 2. The van der Waals surface area contributed by atoms with Crippen molar-refractivity contribution in [1.82, 2.24) is 9.97 Å². The Morgan fingerprint density at radius 2 is 1.83 bits per heavy atom. The van der Waals surface area contributed by atoms with Crippen LogP contribution in [0.3, 0.4) is 0 Å². The van der Waals surface area contributed by atoms with E-state index in [0.29, 0.717) is 21.8 Å². The summed E-state index contributed by atoms with van der Waals surface area (Å²) in [5, 5.41) is 25.0. The van der Waals surface area contributed by atoms with Crippen LogP contribution in [0.5, 0.6) is 0 Å². The molecule has 0 saturated carbocycles. The molecule has 0 atom stereocenters. The van der Waals surface area contributed by atoms with Crippen molar-refractivity contribution < 1.29 is 4.92 Å². The zero-order valence-electron chi connectivity index (χ0n) is 18.2. The highest BCUT2D eigenvalue weighted by Crippen LogP contribution is 2.32. The van der Waals surface area contributed by atoms with Crippen molar-refractivity contribution in [3.8, 4) is 17.3 Å². The SMILES string of the molecule is N#Cc1c(-c2ccccc2)nc(NN=Cc2ccc(SCc3ccccc3)c([N+](=O)[O-])c2)[nH]c1=O. The van der Waals surface area contributed by atoms with Crippen molar-refractivity contribution in [3.05, 3.63) is 116 Å². The van der Waals surface area contributed by atoms with E-state index in [1.54, 1.807) is 36.4 Å². The number of nitro groups is 1. The minimum Gasteiger partial charge on any atom is -0.290 e. The van der Waals surface area contributed by atoms with Crippen molar-refractivity contribution in [2.45, 2.75) is 10.6 Å². The van der Waals surface area contributed by atoms with Gasteiger partial charge in [0.2, 0.25) is 5.95 Å². The van der Waals surface area contributed by atoms with Gasteiger partial charge in [0, 0.05) is 22.9 Å². The van der Waals surface area contributed by atoms with Crippen LogP contribution in [-0.4, -0.2) is 21.1 Å². The Morgan fingerprint density at radius 1 is 1.11 bits per heavy atom. The van der Waals surface area contributed by atoms with Crippen molar-refractivity contribution >= 4 is 29.6 Å². The Kier molecular flexibility index (Phi) is 7.30. The molecule has 1 aromatic heterocycles. The summed E-state index contributed by atoms with van der Waals surface area (Å²) < 4.78 is 0. The number of anilines is 1. The average Bonchev–Trinajstić information content (AvgIpc) is 2.88. The minimum atomic E-state index is -0.602. The van der Waals surface area contributed by atoms with Crippen LogP contribution in [0.1, 0.15) is 16.7 Å². The molecule has 0 aliphatic carbocycles. The number of hydrogen-bond donors (Lipinski definition) is 2. The van der Waals surface area contributed by atoms with E-state index in [1.165, 1.54) is 24.0 Å². The highest BCUT2D eigenvalue weighted by atomic mass is 32.2. The second-order valence-electron chi connectivity index (χ2n) is 7.24. The van der Waals surface area contributed by atoms with Gasteiger partial charge in [0.05, 0.1) is 21.7 Å². The molecular weight excluding hydrogens is 464 g/mol. The Bertz CT molecular complexity index is 1480. The number of thioether (sulfide) groups is 1. The molecule has 10 heteroatoms. The fourth-order valence-corrected chi connectivity index (χ4v) is 4.18. The lowest BCUT2D eigenvalue weighted by atomic mass is 10.1. The number of H-pyrrole nitrogens is 1. The molecule has 3 aromatic carbocycles. The first kappa shape index (κ1) is 23.4. The fourth-order valence-electron chi connectivity index (χ4n) is 3.22. The highest BCUT2D eigenvalue weighted by Gasteiger charge is 2.15. The standard InChI is InChI=1S/C25H18N6O3S/c26-14-20-23(19-9-5-2-6-10-19)28-25(29-24(20)32)30-27-15-18-11-12-22(21(13-18)31(33)34)35-16-17-7-3-1-4-8-17/h1-13,15H,16H2,(H2,28,29,30,32). The molecule has 0 bridgehead atoms. The van der Waals surface area contributed by atoms with E-state index in [0.717, 1.165) is 5.56 Å². The van der Waals surface area contributed by atoms with Crippen molar-refractivity contribution in [2.24, 2.45) is 5.10 Å². The van der Waals surface area contributed by atoms with E-state index >= 15 is 0 Å². The summed E-state index contributed by atoms with van der Waals surface area (Å²) in [6, 6.07) is 25.3. The lowest BCUT2D eigenvalue weighted by Crippen LogP contribution is -2.16. The second-order valence-corrected chi connectivity index (χ2v) is 8.26. The molecule has 0 amide bonds. The molecule has 35 heavy (non-hydrogen) atoms. The van der Waals surface area contributed by atoms with Gasteiger partial charge >= 0.3 is 0 Å². The summed E-state index contributed by atoms with van der Waals surface area (Å²) in [4.78, 5) is 30.8. The van der Waals surface area contributed by atoms with Gasteiger partial charge in [-0.2, -0.15) is 10.4 Å². The monoisotopic (exact) mass is 482 g/mol.